The van der Waals surface area contributed by atoms with Crippen LogP contribution in [0.5, 0.6) is 0 Å². The highest BCUT2D eigenvalue weighted by molar-refractivity contribution is 7.73. The van der Waals surface area contributed by atoms with Gasteiger partial charge in [-0.1, -0.05) is 25.2 Å². The van der Waals surface area contributed by atoms with Crippen molar-refractivity contribution in [1.29, 1.82) is 0 Å². The molecule has 1 heterocycles. The fourth-order valence-electron chi connectivity index (χ4n) is 1.10. The molecule has 0 aromatic carbocycles. The summed E-state index contributed by atoms with van der Waals surface area (Å²) in [6.45, 7) is 3.64. The molecule has 0 saturated carbocycles. The Balaban J connectivity index is 2.40. The monoisotopic (exact) mass is 275 g/mol. The zero-order chi connectivity index (χ0) is 12.9. The topological polar surface area (TPSA) is 84.1 Å². The van der Waals surface area contributed by atoms with Gasteiger partial charge in [0, 0.05) is 6.42 Å². The summed E-state index contributed by atoms with van der Waals surface area (Å²) in [6.07, 6.45) is 1.25. The molecule has 6 nitrogen and oxygen atoms in total. The van der Waals surface area contributed by atoms with Crippen LogP contribution in [0.15, 0.2) is 0 Å². The highest BCUT2D eigenvalue weighted by Crippen LogP contribution is 2.24. The summed E-state index contributed by atoms with van der Waals surface area (Å²) in [5.41, 5.74) is 2.00. The molecule has 0 bridgehead atoms. The zero-order valence-corrected chi connectivity index (χ0v) is 11.1. The summed E-state index contributed by atoms with van der Waals surface area (Å²) in [7, 11) is 0. The Morgan fingerprint density at radius 1 is 1.71 bits per heavy atom. The summed E-state index contributed by atoms with van der Waals surface area (Å²) in [5.74, 6) is -0.446. The second-order valence-electron chi connectivity index (χ2n) is 4.21. The van der Waals surface area contributed by atoms with Crippen LogP contribution in [0.3, 0.4) is 0 Å². The number of H-pyrrole nitrogens is 1. The van der Waals surface area contributed by atoms with Crippen molar-refractivity contribution in [3.8, 4) is 0 Å². The van der Waals surface area contributed by atoms with Gasteiger partial charge in [-0.3, -0.25) is 5.10 Å². The molecule has 0 aliphatic rings. The van der Waals surface area contributed by atoms with Crippen molar-refractivity contribution >= 4 is 40.9 Å². The lowest BCUT2D eigenvalue weighted by Gasteiger charge is -2.19. The average molecular weight is 275 g/mol. The molecule has 94 valence electrons. The van der Waals surface area contributed by atoms with Crippen LogP contribution in [-0.4, -0.2) is 22.5 Å². The third-order valence-electron chi connectivity index (χ3n) is 1.95. The van der Waals surface area contributed by atoms with E-state index >= 15 is 0 Å². The van der Waals surface area contributed by atoms with Gasteiger partial charge in [-0.15, -0.1) is 5.10 Å². The molecule has 17 heavy (non-hydrogen) atoms. The van der Waals surface area contributed by atoms with Gasteiger partial charge in [-0.05, 0) is 17.6 Å². The molecule has 1 aromatic heterocycles. The molecule has 1 rings (SSSR count). The van der Waals surface area contributed by atoms with E-state index in [-0.39, 0.29) is 6.42 Å². The summed E-state index contributed by atoms with van der Waals surface area (Å²) in [6, 6.07) is 0. The van der Waals surface area contributed by atoms with Crippen LogP contribution < -0.4 is 5.48 Å². The van der Waals surface area contributed by atoms with Crippen molar-refractivity contribution < 1.29 is 14.4 Å². The predicted molar refractivity (Wildman–Crippen MR) is 66.1 cm³/mol. The highest BCUT2D eigenvalue weighted by Gasteiger charge is 2.23. The maximum absolute atomic E-state index is 11.5. The molecule has 0 atom stereocenters. The molecule has 8 heteroatoms. The SMILES string of the molecule is CC(C)(CC=O)CC(=O)ONc1n[nH]c(=S)s1. The number of nitrogens with zero attached hydrogens (tertiary/aromatic N) is 1. The molecule has 0 aliphatic heterocycles. The first-order chi connectivity index (χ1) is 7.93. The summed E-state index contributed by atoms with van der Waals surface area (Å²) >= 11 is 5.98. The molecule has 1 aromatic rings. The van der Waals surface area contributed by atoms with Gasteiger partial charge < -0.3 is 9.63 Å². The number of carbonyl (C=O) groups excluding carboxylic acids is 2. The van der Waals surface area contributed by atoms with Crippen molar-refractivity contribution in [2.45, 2.75) is 26.7 Å². The van der Waals surface area contributed by atoms with Gasteiger partial charge in [0.15, 0.2) is 3.95 Å². The molecule has 0 amide bonds. The number of nitrogens with one attached hydrogen (secondary N) is 2. The Kier molecular flexibility index (Phi) is 4.76. The third kappa shape index (κ3) is 5.05. The van der Waals surface area contributed by atoms with Crippen LogP contribution in [0.2, 0.25) is 0 Å². The largest absolute Gasteiger partial charge is 0.341 e. The van der Waals surface area contributed by atoms with Gasteiger partial charge in [-0.2, -0.15) is 5.48 Å². The van der Waals surface area contributed by atoms with Gasteiger partial charge in [0.05, 0.1) is 6.42 Å². The average Bonchev–Trinajstić information content (AvgIpc) is 2.60. The maximum atomic E-state index is 11.5. The van der Waals surface area contributed by atoms with Crippen LogP contribution in [0, 0.1) is 9.37 Å². The van der Waals surface area contributed by atoms with E-state index in [0.717, 1.165) is 17.6 Å². The second kappa shape index (κ2) is 5.87. The minimum Gasteiger partial charge on any atom is -0.341 e. The van der Waals surface area contributed by atoms with Crippen molar-refractivity contribution in [2.75, 3.05) is 5.48 Å². The van der Waals surface area contributed by atoms with E-state index in [9.17, 15) is 9.59 Å². The molecule has 0 spiro atoms. The van der Waals surface area contributed by atoms with E-state index in [0.29, 0.717) is 15.5 Å². The number of aromatic nitrogens is 2. The van der Waals surface area contributed by atoms with E-state index in [1.807, 2.05) is 13.8 Å². The van der Waals surface area contributed by atoms with Crippen LogP contribution in [0.25, 0.3) is 0 Å². The molecule has 0 radical (unpaired) electrons. The van der Waals surface area contributed by atoms with Gasteiger partial charge in [0.2, 0.25) is 5.13 Å². The van der Waals surface area contributed by atoms with Crippen molar-refractivity contribution in [3.05, 3.63) is 3.95 Å². The first-order valence-corrected chi connectivity index (χ1v) is 6.10. The molecule has 2 N–H and O–H groups in total. The Hall–Kier alpha value is -1.28. The van der Waals surface area contributed by atoms with Gasteiger partial charge in [-0.25, -0.2) is 4.79 Å². The second-order valence-corrected chi connectivity index (χ2v) is 5.87. The Morgan fingerprint density at radius 3 is 2.94 bits per heavy atom. The number of hydrogen-bond donors (Lipinski definition) is 2. The van der Waals surface area contributed by atoms with Crippen LogP contribution >= 0.6 is 23.6 Å². The van der Waals surface area contributed by atoms with Crippen LogP contribution in [-0.2, 0) is 14.4 Å². The number of hydrogen-bond acceptors (Lipinski definition) is 7. The summed E-state index contributed by atoms with van der Waals surface area (Å²) < 4.78 is 0.491. The molecule has 0 aliphatic carbocycles. The van der Waals surface area contributed by atoms with E-state index in [1.54, 1.807) is 0 Å². The normalized spacial score (nSPS) is 10.9. The zero-order valence-electron chi connectivity index (χ0n) is 9.48. The van der Waals surface area contributed by atoms with E-state index < -0.39 is 11.4 Å². The minimum absolute atomic E-state index is 0.147. The number of rotatable bonds is 6. The number of anilines is 1. The first kappa shape index (κ1) is 13.8. The standard InChI is InChI=1S/C9H13N3O3S2/c1-9(2,3-4-13)5-6(14)15-12-7-10-11-8(16)17-7/h4H,3,5H2,1-2H3,(H,10,12)(H,11,16). The molecule has 0 saturated heterocycles. The summed E-state index contributed by atoms with van der Waals surface area (Å²) in [4.78, 5) is 26.6. The van der Waals surface area contributed by atoms with E-state index in [2.05, 4.69) is 15.7 Å². The van der Waals surface area contributed by atoms with Gasteiger partial charge >= 0.3 is 5.97 Å². The smallest absolute Gasteiger partial charge is 0.332 e. The van der Waals surface area contributed by atoms with Crippen LogP contribution in [0.1, 0.15) is 26.7 Å². The Bertz CT molecular complexity index is 452. The highest BCUT2D eigenvalue weighted by atomic mass is 32.1. The molecular weight excluding hydrogens is 262 g/mol. The van der Waals surface area contributed by atoms with Crippen molar-refractivity contribution in [2.24, 2.45) is 5.41 Å². The fourth-order valence-corrected chi connectivity index (χ4v) is 1.82. The quantitative estimate of drug-likeness (QED) is 0.470. The molecule has 0 unspecified atom stereocenters. The lowest BCUT2D eigenvalue weighted by molar-refractivity contribution is -0.143. The predicted octanol–water partition coefficient (Wildman–Crippen LogP) is 2.08. The van der Waals surface area contributed by atoms with Gasteiger partial charge in [0.1, 0.15) is 6.29 Å². The van der Waals surface area contributed by atoms with Crippen molar-refractivity contribution in [1.82, 2.24) is 10.2 Å². The summed E-state index contributed by atoms with van der Waals surface area (Å²) in [5, 5.41) is 6.70. The molecule has 0 fully saturated rings. The first-order valence-electron chi connectivity index (χ1n) is 4.88. The third-order valence-corrected chi connectivity index (χ3v) is 2.94. The lowest BCUT2D eigenvalue weighted by atomic mass is 9.86. The number of aldehydes is 1. The maximum Gasteiger partial charge on any atom is 0.332 e. The van der Waals surface area contributed by atoms with Gasteiger partial charge in [0.25, 0.3) is 0 Å². The minimum atomic E-state index is -0.446. The van der Waals surface area contributed by atoms with Crippen LogP contribution in [0.4, 0.5) is 5.13 Å². The Labute approximate surface area is 107 Å². The van der Waals surface area contributed by atoms with Crippen molar-refractivity contribution in [3.63, 3.8) is 0 Å². The lowest BCUT2D eigenvalue weighted by Crippen LogP contribution is -2.21. The van der Waals surface area contributed by atoms with E-state index in [4.69, 9.17) is 17.1 Å². The molecular formula is C9H13N3O3S2. The number of carbonyl (C=O) groups is 2. The Morgan fingerprint density at radius 2 is 2.41 bits per heavy atom. The van der Waals surface area contributed by atoms with E-state index in [1.165, 1.54) is 0 Å². The number of aromatic amines is 1. The fraction of sp³-hybridized carbons (Fsp3) is 0.556.